The van der Waals surface area contributed by atoms with E-state index in [-0.39, 0.29) is 6.04 Å². The molecule has 0 spiro atoms. The van der Waals surface area contributed by atoms with Crippen LogP contribution in [0.1, 0.15) is 58.8 Å². The van der Waals surface area contributed by atoms with Crippen molar-refractivity contribution in [3.05, 3.63) is 0 Å². The number of rotatable bonds is 7. The van der Waals surface area contributed by atoms with Crippen molar-refractivity contribution >= 4 is 5.97 Å². The van der Waals surface area contributed by atoms with Gasteiger partial charge in [-0.1, -0.05) is 39.0 Å². The van der Waals surface area contributed by atoms with Crippen molar-refractivity contribution in [3.8, 4) is 0 Å². The Morgan fingerprint density at radius 3 is 2.56 bits per heavy atom. The molecule has 1 aliphatic rings. The molecular weight excluding hydrogens is 202 g/mol. The van der Waals surface area contributed by atoms with E-state index in [0.29, 0.717) is 6.04 Å². The van der Waals surface area contributed by atoms with Gasteiger partial charge in [-0.3, -0.25) is 4.79 Å². The van der Waals surface area contributed by atoms with E-state index in [1.165, 1.54) is 25.7 Å². The van der Waals surface area contributed by atoms with E-state index in [9.17, 15) is 4.79 Å². The molecule has 0 radical (unpaired) electrons. The molecule has 0 saturated heterocycles. The number of carboxylic acid groups (broad SMARTS) is 1. The van der Waals surface area contributed by atoms with Crippen molar-refractivity contribution in [2.45, 2.75) is 70.9 Å². The molecule has 0 amide bonds. The molecule has 16 heavy (non-hydrogen) atoms. The third-order valence-electron chi connectivity index (χ3n) is 3.52. The number of carboxylic acids is 1. The van der Waals surface area contributed by atoms with Crippen LogP contribution in [0.4, 0.5) is 0 Å². The summed E-state index contributed by atoms with van der Waals surface area (Å²) in [4.78, 5) is 11.0. The Labute approximate surface area is 98.6 Å². The summed E-state index contributed by atoms with van der Waals surface area (Å²) in [6, 6.07) is -0.0304. The Morgan fingerprint density at radius 1 is 1.44 bits per heavy atom. The Bertz CT molecular complexity index is 212. The SMILES string of the molecule is CCCC(NC(C)CC1CCCC1)C(=O)O. The average Bonchev–Trinajstić information content (AvgIpc) is 2.69. The highest BCUT2D eigenvalue weighted by Gasteiger charge is 2.22. The van der Waals surface area contributed by atoms with Crippen molar-refractivity contribution in [3.63, 3.8) is 0 Å². The van der Waals surface area contributed by atoms with Crippen LogP contribution in [0.2, 0.25) is 0 Å². The molecule has 1 fully saturated rings. The first-order valence-electron chi connectivity index (χ1n) is 6.62. The van der Waals surface area contributed by atoms with E-state index in [4.69, 9.17) is 5.11 Å². The number of hydrogen-bond donors (Lipinski definition) is 2. The zero-order valence-corrected chi connectivity index (χ0v) is 10.5. The van der Waals surface area contributed by atoms with Gasteiger partial charge in [-0.2, -0.15) is 0 Å². The van der Waals surface area contributed by atoms with Crippen molar-refractivity contribution in [2.75, 3.05) is 0 Å². The van der Waals surface area contributed by atoms with Crippen LogP contribution in [-0.2, 0) is 4.79 Å². The van der Waals surface area contributed by atoms with Crippen LogP contribution in [0.25, 0.3) is 0 Å². The summed E-state index contributed by atoms with van der Waals surface area (Å²) in [5.41, 5.74) is 0. The zero-order valence-electron chi connectivity index (χ0n) is 10.5. The average molecular weight is 227 g/mol. The summed E-state index contributed by atoms with van der Waals surface area (Å²) in [5.74, 6) is 0.110. The maximum absolute atomic E-state index is 11.0. The first-order valence-corrected chi connectivity index (χ1v) is 6.62. The van der Waals surface area contributed by atoms with Crippen molar-refractivity contribution in [1.82, 2.24) is 5.32 Å². The summed E-state index contributed by atoms with van der Waals surface area (Å²) >= 11 is 0. The van der Waals surface area contributed by atoms with Gasteiger partial charge >= 0.3 is 5.97 Å². The molecule has 0 heterocycles. The second kappa shape index (κ2) is 6.89. The van der Waals surface area contributed by atoms with Crippen LogP contribution in [0.3, 0.4) is 0 Å². The molecular formula is C13H25NO2. The van der Waals surface area contributed by atoms with Crippen LogP contribution in [0, 0.1) is 5.92 Å². The lowest BCUT2D eigenvalue weighted by Gasteiger charge is -2.22. The molecule has 0 aromatic carbocycles. The molecule has 1 saturated carbocycles. The minimum Gasteiger partial charge on any atom is -0.480 e. The maximum Gasteiger partial charge on any atom is 0.320 e. The standard InChI is InChI=1S/C13H25NO2/c1-3-6-12(13(15)16)14-10(2)9-11-7-4-5-8-11/h10-12,14H,3-9H2,1-2H3,(H,15,16). The van der Waals surface area contributed by atoms with E-state index < -0.39 is 5.97 Å². The highest BCUT2D eigenvalue weighted by molar-refractivity contribution is 5.73. The highest BCUT2D eigenvalue weighted by Crippen LogP contribution is 2.28. The largest absolute Gasteiger partial charge is 0.480 e. The monoisotopic (exact) mass is 227 g/mol. The Balaban J connectivity index is 2.29. The van der Waals surface area contributed by atoms with E-state index in [1.807, 2.05) is 6.92 Å². The van der Waals surface area contributed by atoms with Crippen LogP contribution in [-0.4, -0.2) is 23.2 Å². The number of nitrogens with one attached hydrogen (secondary N) is 1. The highest BCUT2D eigenvalue weighted by atomic mass is 16.4. The minimum atomic E-state index is -0.708. The van der Waals surface area contributed by atoms with Gasteiger partial charge in [0.1, 0.15) is 6.04 Å². The van der Waals surface area contributed by atoms with Gasteiger partial charge in [-0.25, -0.2) is 0 Å². The predicted molar refractivity (Wildman–Crippen MR) is 65.5 cm³/mol. The Kier molecular flexibility index (Phi) is 5.81. The molecule has 1 aliphatic carbocycles. The Morgan fingerprint density at radius 2 is 2.06 bits per heavy atom. The van der Waals surface area contributed by atoms with E-state index in [0.717, 1.165) is 25.2 Å². The third-order valence-corrected chi connectivity index (χ3v) is 3.52. The molecule has 2 unspecified atom stereocenters. The first-order chi connectivity index (χ1) is 7.63. The van der Waals surface area contributed by atoms with Gasteiger partial charge in [0, 0.05) is 6.04 Å². The van der Waals surface area contributed by atoms with Crippen LogP contribution in [0.15, 0.2) is 0 Å². The lowest BCUT2D eigenvalue weighted by Crippen LogP contribution is -2.42. The topological polar surface area (TPSA) is 49.3 Å². The van der Waals surface area contributed by atoms with E-state index >= 15 is 0 Å². The smallest absolute Gasteiger partial charge is 0.320 e. The second-order valence-corrected chi connectivity index (χ2v) is 5.13. The molecule has 3 nitrogen and oxygen atoms in total. The fourth-order valence-electron chi connectivity index (χ4n) is 2.72. The van der Waals surface area contributed by atoms with Crippen LogP contribution >= 0.6 is 0 Å². The van der Waals surface area contributed by atoms with E-state index in [1.54, 1.807) is 0 Å². The van der Waals surface area contributed by atoms with Crippen molar-refractivity contribution < 1.29 is 9.90 Å². The van der Waals surface area contributed by atoms with Crippen LogP contribution < -0.4 is 5.32 Å². The number of hydrogen-bond acceptors (Lipinski definition) is 2. The van der Waals surface area contributed by atoms with Gasteiger partial charge in [0.25, 0.3) is 0 Å². The fourth-order valence-corrected chi connectivity index (χ4v) is 2.72. The summed E-state index contributed by atoms with van der Waals surface area (Å²) < 4.78 is 0. The molecule has 0 bridgehead atoms. The Hall–Kier alpha value is -0.570. The lowest BCUT2D eigenvalue weighted by atomic mass is 9.98. The summed E-state index contributed by atoms with van der Waals surface area (Å²) in [6.07, 6.45) is 8.15. The molecule has 2 atom stereocenters. The van der Waals surface area contributed by atoms with Gasteiger partial charge in [-0.15, -0.1) is 0 Å². The van der Waals surface area contributed by atoms with Gasteiger partial charge < -0.3 is 10.4 Å². The lowest BCUT2D eigenvalue weighted by molar-refractivity contribution is -0.139. The molecule has 0 aromatic rings. The zero-order chi connectivity index (χ0) is 12.0. The second-order valence-electron chi connectivity index (χ2n) is 5.13. The van der Waals surface area contributed by atoms with Gasteiger partial charge in [0.2, 0.25) is 0 Å². The van der Waals surface area contributed by atoms with Crippen molar-refractivity contribution in [2.24, 2.45) is 5.92 Å². The molecule has 94 valence electrons. The number of aliphatic carboxylic acids is 1. The maximum atomic E-state index is 11.0. The quantitative estimate of drug-likeness (QED) is 0.703. The molecule has 2 N–H and O–H groups in total. The summed E-state index contributed by atoms with van der Waals surface area (Å²) in [7, 11) is 0. The van der Waals surface area contributed by atoms with Gasteiger partial charge in [0.15, 0.2) is 0 Å². The van der Waals surface area contributed by atoms with Crippen LogP contribution in [0.5, 0.6) is 0 Å². The fraction of sp³-hybridized carbons (Fsp3) is 0.923. The van der Waals surface area contributed by atoms with Gasteiger partial charge in [-0.05, 0) is 25.7 Å². The molecule has 0 aliphatic heterocycles. The predicted octanol–water partition coefficient (Wildman–Crippen LogP) is 2.80. The van der Waals surface area contributed by atoms with Crippen molar-refractivity contribution in [1.29, 1.82) is 0 Å². The minimum absolute atomic E-state index is 0.329. The normalized spacial score (nSPS) is 20.9. The van der Waals surface area contributed by atoms with E-state index in [2.05, 4.69) is 12.2 Å². The molecule has 1 rings (SSSR count). The summed E-state index contributed by atoms with van der Waals surface area (Å²) in [5, 5.41) is 12.3. The number of carbonyl (C=O) groups is 1. The third kappa shape index (κ3) is 4.52. The first kappa shape index (κ1) is 13.5. The molecule has 0 aromatic heterocycles. The summed E-state index contributed by atoms with van der Waals surface area (Å²) in [6.45, 7) is 4.14. The van der Waals surface area contributed by atoms with Gasteiger partial charge in [0.05, 0.1) is 0 Å². The molecule has 3 heteroatoms.